The maximum absolute atomic E-state index is 10.7. The van der Waals surface area contributed by atoms with E-state index in [1.165, 1.54) is 31.5 Å². The van der Waals surface area contributed by atoms with E-state index in [1.807, 2.05) is 30.3 Å². The van der Waals surface area contributed by atoms with Crippen molar-refractivity contribution >= 4 is 5.91 Å². The lowest BCUT2D eigenvalue weighted by Crippen LogP contribution is -2.25. The Bertz CT molecular complexity index is 755. The van der Waals surface area contributed by atoms with Gasteiger partial charge in [-0.1, -0.05) is 24.3 Å². The van der Waals surface area contributed by atoms with Crippen LogP contribution in [0.5, 0.6) is 11.5 Å². The van der Waals surface area contributed by atoms with E-state index in [0.29, 0.717) is 19.6 Å². The molecule has 0 bridgehead atoms. The maximum atomic E-state index is 10.7. The molecule has 1 amide bonds. The van der Waals surface area contributed by atoms with Gasteiger partial charge < -0.3 is 15.2 Å². The molecule has 1 aliphatic rings. The molecule has 0 spiro atoms. The first kappa shape index (κ1) is 21.2. The number of unbranched alkanes of at least 4 members (excludes halogenated alkanes) is 1. The molecule has 3 rings (SSSR count). The molecule has 1 heterocycles. The van der Waals surface area contributed by atoms with Crippen LogP contribution in [0.2, 0.25) is 0 Å². The summed E-state index contributed by atoms with van der Waals surface area (Å²) in [6, 6.07) is 17.4. The number of ether oxygens (including phenoxy) is 2. The number of nitrogens with zero attached hydrogens (tertiary/aromatic N) is 1. The summed E-state index contributed by atoms with van der Waals surface area (Å²) in [6.07, 6.45) is 5.38. The molecule has 2 aromatic rings. The van der Waals surface area contributed by atoms with Crippen molar-refractivity contribution in [2.45, 2.75) is 38.5 Å². The van der Waals surface area contributed by atoms with E-state index in [9.17, 15) is 4.79 Å². The molecule has 0 saturated carbocycles. The molecule has 1 saturated heterocycles. The Morgan fingerprint density at radius 1 is 1.03 bits per heavy atom. The van der Waals surface area contributed by atoms with Gasteiger partial charge in [-0.3, -0.25) is 9.69 Å². The number of nitrogens with two attached hydrogens (primary N) is 1. The lowest BCUT2D eigenvalue weighted by molar-refractivity contribution is -0.118. The first-order chi connectivity index (χ1) is 14.2. The minimum Gasteiger partial charge on any atom is -0.494 e. The Kier molecular flexibility index (Phi) is 8.38. The molecule has 1 aliphatic heterocycles. The summed E-state index contributed by atoms with van der Waals surface area (Å²) in [7, 11) is 0. The second kappa shape index (κ2) is 11.5. The van der Waals surface area contributed by atoms with Gasteiger partial charge in [-0.15, -0.1) is 0 Å². The molecule has 2 N–H and O–H groups in total. The monoisotopic (exact) mass is 395 g/mol. The van der Waals surface area contributed by atoms with Crippen LogP contribution in [-0.2, 0) is 11.2 Å². The van der Waals surface area contributed by atoms with Crippen molar-refractivity contribution in [1.82, 2.24) is 4.90 Å². The van der Waals surface area contributed by atoms with Crippen LogP contribution in [0.25, 0.3) is 0 Å². The molecule has 0 aromatic heterocycles. The molecular formula is C24H31N2O3. The van der Waals surface area contributed by atoms with Crippen LogP contribution >= 0.6 is 0 Å². The van der Waals surface area contributed by atoms with Gasteiger partial charge in [0.1, 0.15) is 18.1 Å². The molecule has 0 aliphatic carbocycles. The average Bonchev–Trinajstić information content (AvgIpc) is 3.23. The van der Waals surface area contributed by atoms with Gasteiger partial charge in [-0.05, 0) is 68.6 Å². The van der Waals surface area contributed by atoms with Crippen LogP contribution in [0, 0.1) is 6.07 Å². The fourth-order valence-electron chi connectivity index (χ4n) is 3.52. The van der Waals surface area contributed by atoms with E-state index in [-0.39, 0.29) is 5.91 Å². The Morgan fingerprint density at radius 2 is 1.83 bits per heavy atom. The number of hydrogen-bond donors (Lipinski definition) is 1. The van der Waals surface area contributed by atoms with Crippen molar-refractivity contribution in [1.29, 1.82) is 0 Å². The predicted octanol–water partition coefficient (Wildman–Crippen LogP) is 3.59. The topological polar surface area (TPSA) is 64.8 Å². The highest BCUT2D eigenvalue weighted by atomic mass is 16.5. The van der Waals surface area contributed by atoms with Gasteiger partial charge in [0, 0.05) is 24.9 Å². The van der Waals surface area contributed by atoms with Crippen molar-refractivity contribution in [2.24, 2.45) is 5.73 Å². The zero-order chi connectivity index (χ0) is 20.3. The summed E-state index contributed by atoms with van der Waals surface area (Å²) in [5.74, 6) is 1.50. The first-order valence-corrected chi connectivity index (χ1v) is 10.6. The number of hydrogen-bond acceptors (Lipinski definition) is 4. The van der Waals surface area contributed by atoms with Gasteiger partial charge in [0.2, 0.25) is 5.91 Å². The SMILES string of the molecule is NC(=O)CCCCOc1ccc(Cc2[c]cccc2OCCN2CCCC2)cc1. The number of carbonyl (C=O) groups excluding carboxylic acids is 1. The van der Waals surface area contributed by atoms with Crippen molar-refractivity contribution in [3.63, 3.8) is 0 Å². The molecule has 29 heavy (non-hydrogen) atoms. The highest BCUT2D eigenvalue weighted by Crippen LogP contribution is 2.22. The fraction of sp³-hybridized carbons (Fsp3) is 0.458. The minimum absolute atomic E-state index is 0.258. The molecule has 2 aromatic carbocycles. The Hall–Kier alpha value is -2.53. The summed E-state index contributed by atoms with van der Waals surface area (Å²) in [4.78, 5) is 13.2. The van der Waals surface area contributed by atoms with E-state index in [2.05, 4.69) is 23.1 Å². The molecule has 5 heteroatoms. The van der Waals surface area contributed by atoms with Crippen LogP contribution < -0.4 is 15.2 Å². The van der Waals surface area contributed by atoms with E-state index in [0.717, 1.165) is 42.9 Å². The van der Waals surface area contributed by atoms with E-state index in [1.54, 1.807) is 0 Å². The molecule has 0 unspecified atom stereocenters. The number of amides is 1. The zero-order valence-corrected chi connectivity index (χ0v) is 17.1. The lowest BCUT2D eigenvalue weighted by atomic mass is 10.0. The standard InChI is InChI=1S/C24H31N2O3/c25-24(27)9-3-6-17-28-22-12-10-20(11-13-22)19-21-7-1-2-8-23(21)29-18-16-26-14-4-5-15-26/h1-2,8,10-13H,3-6,9,14-19H2,(H2,25,27). The average molecular weight is 396 g/mol. The second-order valence-electron chi connectivity index (χ2n) is 7.50. The molecule has 0 atom stereocenters. The highest BCUT2D eigenvalue weighted by Gasteiger charge is 2.11. The van der Waals surface area contributed by atoms with Crippen molar-refractivity contribution in [3.05, 3.63) is 59.7 Å². The van der Waals surface area contributed by atoms with Crippen molar-refractivity contribution in [2.75, 3.05) is 32.8 Å². The Balaban J connectivity index is 1.46. The van der Waals surface area contributed by atoms with E-state index < -0.39 is 0 Å². The largest absolute Gasteiger partial charge is 0.494 e. The second-order valence-corrected chi connectivity index (χ2v) is 7.50. The highest BCUT2D eigenvalue weighted by molar-refractivity contribution is 5.73. The molecule has 1 radical (unpaired) electrons. The smallest absolute Gasteiger partial charge is 0.217 e. The van der Waals surface area contributed by atoms with Crippen LogP contribution in [0.3, 0.4) is 0 Å². The summed E-state index contributed by atoms with van der Waals surface area (Å²) in [5, 5.41) is 0. The minimum atomic E-state index is -0.258. The van der Waals surface area contributed by atoms with Crippen LogP contribution in [0.15, 0.2) is 42.5 Å². The number of benzene rings is 2. The van der Waals surface area contributed by atoms with Gasteiger partial charge in [-0.25, -0.2) is 0 Å². The van der Waals surface area contributed by atoms with Gasteiger partial charge >= 0.3 is 0 Å². The summed E-state index contributed by atoms with van der Waals surface area (Å²) in [6.45, 7) is 4.68. The quantitative estimate of drug-likeness (QED) is 0.558. The van der Waals surface area contributed by atoms with Gasteiger partial charge in [0.15, 0.2) is 0 Å². The third kappa shape index (κ3) is 7.42. The van der Waals surface area contributed by atoms with Gasteiger partial charge in [-0.2, -0.15) is 0 Å². The summed E-state index contributed by atoms with van der Waals surface area (Å²) >= 11 is 0. The van der Waals surface area contributed by atoms with Crippen LogP contribution in [0.1, 0.15) is 43.2 Å². The first-order valence-electron chi connectivity index (χ1n) is 10.6. The molecule has 155 valence electrons. The van der Waals surface area contributed by atoms with Crippen molar-refractivity contribution in [3.8, 4) is 11.5 Å². The Labute approximate surface area is 173 Å². The van der Waals surface area contributed by atoms with Gasteiger partial charge in [0.25, 0.3) is 0 Å². The third-order valence-corrected chi connectivity index (χ3v) is 5.15. The maximum Gasteiger partial charge on any atom is 0.217 e. The van der Waals surface area contributed by atoms with E-state index in [4.69, 9.17) is 15.2 Å². The normalized spacial score (nSPS) is 14.1. The molecule has 5 nitrogen and oxygen atoms in total. The lowest BCUT2D eigenvalue weighted by Gasteiger charge is -2.16. The molecule has 1 fully saturated rings. The summed E-state index contributed by atoms with van der Waals surface area (Å²) in [5.41, 5.74) is 7.41. The number of likely N-dealkylation sites (tertiary alicyclic amines) is 1. The van der Waals surface area contributed by atoms with Crippen LogP contribution in [0.4, 0.5) is 0 Å². The predicted molar refractivity (Wildman–Crippen MR) is 114 cm³/mol. The van der Waals surface area contributed by atoms with Crippen LogP contribution in [-0.4, -0.2) is 43.7 Å². The Morgan fingerprint density at radius 3 is 2.59 bits per heavy atom. The number of primary amides is 1. The number of rotatable bonds is 12. The molecular weight excluding hydrogens is 364 g/mol. The fourth-order valence-corrected chi connectivity index (χ4v) is 3.52. The zero-order valence-electron chi connectivity index (χ0n) is 17.1. The van der Waals surface area contributed by atoms with Crippen molar-refractivity contribution < 1.29 is 14.3 Å². The van der Waals surface area contributed by atoms with E-state index >= 15 is 0 Å². The third-order valence-electron chi connectivity index (χ3n) is 5.15. The van der Waals surface area contributed by atoms with Gasteiger partial charge in [0.05, 0.1) is 6.61 Å². The summed E-state index contributed by atoms with van der Waals surface area (Å²) < 4.78 is 11.8. The number of carbonyl (C=O) groups is 1.